The minimum atomic E-state index is -1.06. The topological polar surface area (TPSA) is 170 Å². The number of fused-ring (bicyclic) bond motifs is 2. The van der Waals surface area contributed by atoms with Gasteiger partial charge in [-0.15, -0.1) is 0 Å². The third kappa shape index (κ3) is 6.48. The number of anilines is 2. The van der Waals surface area contributed by atoms with Gasteiger partial charge in [0.15, 0.2) is 5.43 Å². The van der Waals surface area contributed by atoms with Gasteiger partial charge in [-0.05, 0) is 69.9 Å². The van der Waals surface area contributed by atoms with Gasteiger partial charge in [0.05, 0.1) is 0 Å². The van der Waals surface area contributed by atoms with Gasteiger partial charge in [-0.3, -0.25) is 4.79 Å². The van der Waals surface area contributed by atoms with E-state index in [-0.39, 0.29) is 35.3 Å². The molecule has 0 saturated heterocycles. The first-order valence-electron chi connectivity index (χ1n) is 14.9. The fraction of sp³-hybridized carbons (Fsp3) is 0.353. The fourth-order valence-corrected chi connectivity index (χ4v) is 5.55. The average molecular weight is 615 g/mol. The lowest BCUT2D eigenvalue weighted by Crippen LogP contribution is -2.51. The molecule has 2 atom stereocenters. The quantitative estimate of drug-likeness (QED) is 0.146. The van der Waals surface area contributed by atoms with Crippen LogP contribution in [0.15, 0.2) is 63.6 Å². The van der Waals surface area contributed by atoms with Crippen molar-refractivity contribution in [1.29, 1.82) is 0 Å². The monoisotopic (exact) mass is 614 g/mol. The van der Waals surface area contributed by atoms with Crippen LogP contribution in [0.1, 0.15) is 62.1 Å². The standard InChI is InChI=1S/C34H38N4O7/c1-5-19(3)33(42)44-26-16-23-30(41)29-25(40)15-22(18-39)43-32(29)24(13-21-10-12-37-27(35)14-21)31(23)45-34(26,4)11-9-20-7-8-28(36-6-2)38-17-20/h5,7-8,10,12,14-15,17,26,39,41H,6,9,11,13,16,18H2,1-4H3,(H2,35,37)(H,36,38). The first kappa shape index (κ1) is 31.5. The van der Waals surface area contributed by atoms with Crippen molar-refractivity contribution in [3.05, 3.63) is 92.6 Å². The Hall–Kier alpha value is -4.90. The second kappa shape index (κ2) is 13.0. The molecule has 45 heavy (non-hydrogen) atoms. The fourth-order valence-electron chi connectivity index (χ4n) is 5.55. The summed E-state index contributed by atoms with van der Waals surface area (Å²) in [6, 6.07) is 8.54. The summed E-state index contributed by atoms with van der Waals surface area (Å²) < 4.78 is 18.8. The van der Waals surface area contributed by atoms with Crippen molar-refractivity contribution in [3.8, 4) is 11.5 Å². The summed E-state index contributed by atoms with van der Waals surface area (Å²) in [6.07, 6.45) is 5.53. The Balaban J connectivity index is 1.65. The molecule has 1 aliphatic heterocycles. The number of nitrogens with zero attached hydrogens (tertiary/aromatic N) is 2. The summed E-state index contributed by atoms with van der Waals surface area (Å²) >= 11 is 0. The van der Waals surface area contributed by atoms with E-state index >= 15 is 0 Å². The van der Waals surface area contributed by atoms with Crippen LogP contribution in [-0.2, 0) is 35.4 Å². The summed E-state index contributed by atoms with van der Waals surface area (Å²) in [6.45, 7) is 7.54. The molecule has 5 rings (SSSR count). The Morgan fingerprint density at radius 1 is 1.24 bits per heavy atom. The number of phenols is 1. The maximum Gasteiger partial charge on any atom is 0.333 e. The van der Waals surface area contributed by atoms with E-state index in [2.05, 4.69) is 15.3 Å². The highest BCUT2D eigenvalue weighted by Gasteiger charge is 2.46. The summed E-state index contributed by atoms with van der Waals surface area (Å²) in [5.41, 5.74) is 7.48. The third-order valence-electron chi connectivity index (χ3n) is 8.23. The molecule has 4 aromatic rings. The van der Waals surface area contributed by atoms with Crippen molar-refractivity contribution in [2.45, 2.75) is 71.7 Å². The van der Waals surface area contributed by atoms with Crippen LogP contribution >= 0.6 is 0 Å². The number of benzene rings is 1. The van der Waals surface area contributed by atoms with E-state index in [0.29, 0.717) is 41.1 Å². The van der Waals surface area contributed by atoms with Crippen molar-refractivity contribution < 1.29 is 28.9 Å². The number of carbonyl (C=O) groups is 1. The van der Waals surface area contributed by atoms with E-state index < -0.39 is 29.7 Å². The van der Waals surface area contributed by atoms with Crippen LogP contribution < -0.4 is 21.2 Å². The number of allylic oxidation sites excluding steroid dienone is 1. The Labute approximate surface area is 260 Å². The molecule has 0 fully saturated rings. The molecule has 1 aromatic carbocycles. The number of nitrogens with one attached hydrogen (secondary N) is 1. The number of carbonyl (C=O) groups excluding carboxylic acids is 1. The van der Waals surface area contributed by atoms with Gasteiger partial charge in [0.25, 0.3) is 0 Å². The number of aromatic hydroxyl groups is 1. The van der Waals surface area contributed by atoms with Gasteiger partial charge < -0.3 is 35.2 Å². The molecule has 0 spiro atoms. The van der Waals surface area contributed by atoms with E-state index in [1.807, 2.05) is 26.0 Å². The van der Waals surface area contributed by atoms with Crippen LogP contribution in [0, 0.1) is 0 Å². The molecular weight excluding hydrogens is 576 g/mol. The number of phenolic OH excluding ortho intramolecular Hbond substituents is 1. The highest BCUT2D eigenvalue weighted by atomic mass is 16.6. The molecule has 0 amide bonds. The molecule has 236 valence electrons. The zero-order chi connectivity index (χ0) is 32.3. The number of aliphatic hydroxyl groups is 1. The van der Waals surface area contributed by atoms with Gasteiger partial charge in [-0.2, -0.15) is 0 Å². The van der Waals surface area contributed by atoms with Crippen molar-refractivity contribution in [3.63, 3.8) is 0 Å². The minimum Gasteiger partial charge on any atom is -0.507 e. The summed E-state index contributed by atoms with van der Waals surface area (Å²) in [5, 5.41) is 24.5. The van der Waals surface area contributed by atoms with Crippen molar-refractivity contribution in [2.75, 3.05) is 17.6 Å². The minimum absolute atomic E-state index is 0.0445. The maximum absolute atomic E-state index is 13.3. The van der Waals surface area contributed by atoms with Crippen LogP contribution in [0.5, 0.6) is 11.5 Å². The zero-order valence-electron chi connectivity index (χ0n) is 25.8. The van der Waals surface area contributed by atoms with E-state index in [1.54, 1.807) is 44.4 Å². The van der Waals surface area contributed by atoms with E-state index in [0.717, 1.165) is 29.6 Å². The molecule has 4 heterocycles. The van der Waals surface area contributed by atoms with Gasteiger partial charge in [0, 0.05) is 54.5 Å². The Bertz CT molecular complexity index is 1820. The number of aromatic nitrogens is 2. The smallest absolute Gasteiger partial charge is 0.333 e. The second-order valence-corrected chi connectivity index (χ2v) is 11.4. The number of pyridine rings is 2. The molecule has 0 aliphatic carbocycles. The lowest BCUT2D eigenvalue weighted by molar-refractivity contribution is -0.158. The van der Waals surface area contributed by atoms with Crippen molar-refractivity contribution in [2.24, 2.45) is 0 Å². The van der Waals surface area contributed by atoms with Crippen LogP contribution in [0.4, 0.5) is 11.6 Å². The molecule has 11 heteroatoms. The average Bonchev–Trinajstić information content (AvgIpc) is 3.02. The number of nitrogen functional groups attached to an aromatic ring is 1. The lowest BCUT2D eigenvalue weighted by atomic mass is 9.82. The van der Waals surface area contributed by atoms with E-state index in [4.69, 9.17) is 19.6 Å². The summed E-state index contributed by atoms with van der Waals surface area (Å²) in [7, 11) is 0. The molecule has 0 bridgehead atoms. The molecule has 0 radical (unpaired) electrons. The van der Waals surface area contributed by atoms with Crippen molar-refractivity contribution in [1.82, 2.24) is 9.97 Å². The Morgan fingerprint density at radius 2 is 2.04 bits per heavy atom. The number of aryl methyl sites for hydroxylation is 1. The molecule has 1 aliphatic rings. The molecule has 5 N–H and O–H groups in total. The summed E-state index contributed by atoms with van der Waals surface area (Å²) in [4.78, 5) is 34.9. The largest absolute Gasteiger partial charge is 0.507 e. The number of aliphatic hydroxyl groups excluding tert-OH is 1. The van der Waals surface area contributed by atoms with Gasteiger partial charge in [-0.25, -0.2) is 14.8 Å². The van der Waals surface area contributed by atoms with Crippen LogP contribution in [-0.4, -0.2) is 44.4 Å². The number of nitrogens with two attached hydrogens (primary N) is 1. The normalized spacial score (nSPS) is 17.9. The molecular formula is C34H38N4O7. The van der Waals surface area contributed by atoms with Crippen molar-refractivity contribution >= 4 is 28.6 Å². The van der Waals surface area contributed by atoms with Gasteiger partial charge in [-0.1, -0.05) is 12.1 Å². The molecule has 0 saturated carbocycles. The van der Waals surface area contributed by atoms with Gasteiger partial charge >= 0.3 is 5.97 Å². The number of hydrogen-bond donors (Lipinski definition) is 4. The number of rotatable bonds is 10. The van der Waals surface area contributed by atoms with Crippen LogP contribution in [0.3, 0.4) is 0 Å². The summed E-state index contributed by atoms with van der Waals surface area (Å²) in [5.74, 6) is 0.640. The highest BCUT2D eigenvalue weighted by Crippen LogP contribution is 2.48. The maximum atomic E-state index is 13.3. The van der Waals surface area contributed by atoms with Crippen LogP contribution in [0.2, 0.25) is 0 Å². The number of esters is 1. The lowest BCUT2D eigenvalue weighted by Gasteiger charge is -2.43. The second-order valence-electron chi connectivity index (χ2n) is 11.4. The first-order chi connectivity index (χ1) is 21.6. The Morgan fingerprint density at radius 3 is 2.71 bits per heavy atom. The highest BCUT2D eigenvalue weighted by molar-refractivity contribution is 5.91. The zero-order valence-corrected chi connectivity index (χ0v) is 25.8. The van der Waals surface area contributed by atoms with Gasteiger partial charge in [0.2, 0.25) is 0 Å². The molecule has 2 unspecified atom stereocenters. The van der Waals surface area contributed by atoms with E-state index in [9.17, 15) is 19.8 Å². The van der Waals surface area contributed by atoms with Gasteiger partial charge in [0.1, 0.15) is 58.2 Å². The first-order valence-corrected chi connectivity index (χ1v) is 14.9. The van der Waals surface area contributed by atoms with Crippen LogP contribution in [0.25, 0.3) is 11.0 Å². The SMILES string of the molecule is CC=C(C)C(=O)OC1Cc2c(c(Cc3ccnc(N)c3)c3oc(CO)cc(=O)c3c2O)OC1(C)CCc1ccc(NCC)nc1. The predicted octanol–water partition coefficient (Wildman–Crippen LogP) is 4.59. The molecule has 3 aromatic heterocycles. The molecule has 11 nitrogen and oxygen atoms in total. The van der Waals surface area contributed by atoms with E-state index in [1.165, 1.54) is 0 Å². The number of ether oxygens (including phenoxy) is 2. The predicted molar refractivity (Wildman–Crippen MR) is 170 cm³/mol. The number of hydrogen-bond acceptors (Lipinski definition) is 11. The third-order valence-corrected chi connectivity index (χ3v) is 8.23. The Kier molecular flexibility index (Phi) is 9.10.